The summed E-state index contributed by atoms with van der Waals surface area (Å²) in [5.41, 5.74) is 0.985. The van der Waals surface area contributed by atoms with Gasteiger partial charge in [-0.05, 0) is 24.3 Å². The van der Waals surface area contributed by atoms with Gasteiger partial charge in [0.05, 0.1) is 40.4 Å². The zero-order chi connectivity index (χ0) is 18.8. The van der Waals surface area contributed by atoms with Crippen molar-refractivity contribution in [2.75, 3.05) is 18.5 Å². The van der Waals surface area contributed by atoms with Crippen LogP contribution < -0.4 is 10.6 Å². The summed E-state index contributed by atoms with van der Waals surface area (Å²) in [6, 6.07) is 6.22. The number of aromatic nitrogens is 2. The Bertz CT molecular complexity index is 991. The average molecular weight is 397 g/mol. The van der Waals surface area contributed by atoms with E-state index in [1.165, 1.54) is 18.5 Å². The largest absolute Gasteiger partial charge is 0.395 e. The number of carbonyl (C=O) groups excluding carboxylic acids is 1. The van der Waals surface area contributed by atoms with Crippen LogP contribution in [0.5, 0.6) is 0 Å². The van der Waals surface area contributed by atoms with Crippen molar-refractivity contribution in [3.8, 4) is 0 Å². The number of hydrogen-bond donors (Lipinski definition) is 3. The number of anilines is 2. The molecular formula is C17H15Cl2FN4O2. The minimum atomic E-state index is -0.678. The van der Waals surface area contributed by atoms with E-state index >= 15 is 4.39 Å². The van der Waals surface area contributed by atoms with Gasteiger partial charge in [0.1, 0.15) is 5.52 Å². The van der Waals surface area contributed by atoms with Gasteiger partial charge in [0.25, 0.3) is 5.91 Å². The lowest BCUT2D eigenvalue weighted by Gasteiger charge is -2.15. The highest BCUT2D eigenvalue weighted by atomic mass is 35.5. The summed E-state index contributed by atoms with van der Waals surface area (Å²) in [5, 5.41) is 15.0. The SMILES string of the molecule is Cn1cnc2c(F)c(Nc3ccc(Cl)cc3Cl)c(C(=O)NCCO)cc21. The molecule has 3 aromatic rings. The summed E-state index contributed by atoms with van der Waals surface area (Å²) < 4.78 is 16.7. The third-order valence-electron chi connectivity index (χ3n) is 3.79. The fraction of sp³-hybridized carbons (Fsp3) is 0.176. The van der Waals surface area contributed by atoms with Gasteiger partial charge >= 0.3 is 0 Å². The molecule has 0 saturated heterocycles. The van der Waals surface area contributed by atoms with E-state index in [0.29, 0.717) is 16.2 Å². The highest BCUT2D eigenvalue weighted by molar-refractivity contribution is 6.36. The summed E-state index contributed by atoms with van der Waals surface area (Å²) in [6.45, 7) is -0.182. The molecule has 0 aliphatic carbocycles. The van der Waals surface area contributed by atoms with E-state index < -0.39 is 11.7 Å². The van der Waals surface area contributed by atoms with Gasteiger partial charge in [-0.15, -0.1) is 0 Å². The van der Waals surface area contributed by atoms with E-state index in [9.17, 15) is 4.79 Å². The van der Waals surface area contributed by atoms with Gasteiger partial charge in [0, 0.05) is 18.6 Å². The molecular weight excluding hydrogens is 382 g/mol. The van der Waals surface area contributed by atoms with E-state index in [2.05, 4.69) is 15.6 Å². The van der Waals surface area contributed by atoms with Crippen LogP contribution in [0.25, 0.3) is 11.0 Å². The predicted molar refractivity (Wildman–Crippen MR) is 99.8 cm³/mol. The smallest absolute Gasteiger partial charge is 0.253 e. The molecule has 0 saturated carbocycles. The fourth-order valence-corrected chi connectivity index (χ4v) is 2.97. The summed E-state index contributed by atoms with van der Waals surface area (Å²) >= 11 is 12.0. The number of imidazole rings is 1. The molecule has 6 nitrogen and oxygen atoms in total. The summed E-state index contributed by atoms with van der Waals surface area (Å²) in [6.07, 6.45) is 1.46. The maximum atomic E-state index is 15.1. The standard InChI is InChI=1S/C17H15Cl2FN4O2/c1-24-8-22-16-13(24)7-10(17(26)21-4-5-25)15(14(16)20)23-12-3-2-9(18)6-11(12)19/h2-3,6-8,23,25H,4-5H2,1H3,(H,21,26). The minimum absolute atomic E-state index is 0.0466. The number of nitrogens with one attached hydrogen (secondary N) is 2. The van der Waals surface area contributed by atoms with Crippen molar-refractivity contribution in [2.45, 2.75) is 0 Å². The van der Waals surface area contributed by atoms with Crippen molar-refractivity contribution >= 4 is 51.5 Å². The number of amides is 1. The molecule has 1 amide bonds. The molecule has 0 spiro atoms. The first-order chi connectivity index (χ1) is 12.4. The van der Waals surface area contributed by atoms with Crippen LogP contribution in [-0.4, -0.2) is 33.7 Å². The van der Waals surface area contributed by atoms with Crippen molar-refractivity contribution in [1.29, 1.82) is 0 Å². The van der Waals surface area contributed by atoms with E-state index in [4.69, 9.17) is 28.3 Å². The number of rotatable bonds is 5. The monoisotopic (exact) mass is 396 g/mol. The van der Waals surface area contributed by atoms with Crippen LogP contribution in [0.1, 0.15) is 10.4 Å². The Morgan fingerprint density at radius 1 is 1.35 bits per heavy atom. The Labute approximate surface area is 158 Å². The predicted octanol–water partition coefficient (Wildman–Crippen LogP) is 3.48. The Hall–Kier alpha value is -2.35. The fourth-order valence-electron chi connectivity index (χ4n) is 2.52. The Morgan fingerprint density at radius 2 is 2.12 bits per heavy atom. The lowest BCUT2D eigenvalue weighted by Crippen LogP contribution is -2.27. The molecule has 136 valence electrons. The molecule has 26 heavy (non-hydrogen) atoms. The minimum Gasteiger partial charge on any atom is -0.395 e. The molecule has 0 bridgehead atoms. The second-order valence-electron chi connectivity index (χ2n) is 5.56. The molecule has 1 heterocycles. The van der Waals surface area contributed by atoms with Crippen molar-refractivity contribution in [2.24, 2.45) is 7.05 Å². The van der Waals surface area contributed by atoms with Crippen LogP contribution in [0, 0.1) is 5.82 Å². The van der Waals surface area contributed by atoms with Crippen molar-refractivity contribution in [3.63, 3.8) is 0 Å². The molecule has 0 aliphatic rings. The van der Waals surface area contributed by atoms with Gasteiger partial charge in [-0.1, -0.05) is 23.2 Å². The topological polar surface area (TPSA) is 79.2 Å². The molecule has 0 fully saturated rings. The van der Waals surface area contributed by atoms with Gasteiger partial charge in [-0.2, -0.15) is 0 Å². The number of aliphatic hydroxyl groups is 1. The van der Waals surface area contributed by atoms with Crippen molar-refractivity contribution < 1.29 is 14.3 Å². The summed E-state index contributed by atoms with van der Waals surface area (Å²) in [4.78, 5) is 16.5. The van der Waals surface area contributed by atoms with Gasteiger partial charge in [-0.25, -0.2) is 9.37 Å². The maximum Gasteiger partial charge on any atom is 0.253 e. The van der Waals surface area contributed by atoms with Gasteiger partial charge < -0.3 is 20.3 Å². The number of halogens is 3. The van der Waals surface area contributed by atoms with E-state index in [1.807, 2.05) is 0 Å². The van der Waals surface area contributed by atoms with Gasteiger partial charge in [-0.3, -0.25) is 4.79 Å². The zero-order valence-electron chi connectivity index (χ0n) is 13.7. The molecule has 1 aromatic heterocycles. The lowest BCUT2D eigenvalue weighted by atomic mass is 10.1. The van der Waals surface area contributed by atoms with Crippen LogP contribution in [0.3, 0.4) is 0 Å². The summed E-state index contributed by atoms with van der Waals surface area (Å²) in [5.74, 6) is -1.21. The lowest BCUT2D eigenvalue weighted by molar-refractivity contribution is 0.0945. The molecule has 3 rings (SSSR count). The third kappa shape index (κ3) is 3.46. The maximum absolute atomic E-state index is 15.1. The van der Waals surface area contributed by atoms with Crippen LogP contribution in [-0.2, 0) is 7.05 Å². The normalized spacial score (nSPS) is 11.0. The van der Waals surface area contributed by atoms with E-state index in [-0.39, 0.29) is 34.9 Å². The molecule has 9 heteroatoms. The van der Waals surface area contributed by atoms with Crippen LogP contribution in [0.15, 0.2) is 30.6 Å². The van der Waals surface area contributed by atoms with E-state index in [1.54, 1.807) is 23.7 Å². The quantitative estimate of drug-likeness (QED) is 0.616. The van der Waals surface area contributed by atoms with Crippen LogP contribution in [0.4, 0.5) is 15.8 Å². The molecule has 0 radical (unpaired) electrons. The first-order valence-corrected chi connectivity index (χ1v) is 8.42. The average Bonchev–Trinajstić information content (AvgIpc) is 2.98. The Morgan fingerprint density at radius 3 is 2.81 bits per heavy atom. The molecule has 3 N–H and O–H groups in total. The molecule has 0 atom stereocenters. The number of aryl methyl sites for hydroxylation is 1. The number of hydrogen-bond acceptors (Lipinski definition) is 4. The van der Waals surface area contributed by atoms with Crippen molar-refractivity contribution in [1.82, 2.24) is 14.9 Å². The summed E-state index contributed by atoms with van der Waals surface area (Å²) in [7, 11) is 1.70. The number of carbonyl (C=O) groups is 1. The number of nitrogens with zero attached hydrogens (tertiary/aromatic N) is 2. The van der Waals surface area contributed by atoms with Crippen molar-refractivity contribution in [3.05, 3.63) is 52.0 Å². The van der Waals surface area contributed by atoms with Gasteiger partial charge in [0.2, 0.25) is 0 Å². The first kappa shape index (κ1) is 18.4. The highest BCUT2D eigenvalue weighted by Gasteiger charge is 2.21. The second-order valence-corrected chi connectivity index (χ2v) is 6.41. The first-order valence-electron chi connectivity index (χ1n) is 7.67. The number of aliphatic hydroxyl groups excluding tert-OH is 1. The second kappa shape index (κ2) is 7.49. The van der Waals surface area contributed by atoms with Crippen LogP contribution >= 0.6 is 23.2 Å². The number of fused-ring (bicyclic) bond motifs is 1. The molecule has 0 unspecified atom stereocenters. The Kier molecular flexibility index (Phi) is 5.31. The number of benzene rings is 2. The molecule has 2 aromatic carbocycles. The highest BCUT2D eigenvalue weighted by Crippen LogP contribution is 2.34. The van der Waals surface area contributed by atoms with E-state index in [0.717, 1.165) is 0 Å². The zero-order valence-corrected chi connectivity index (χ0v) is 15.2. The van der Waals surface area contributed by atoms with Gasteiger partial charge in [0.15, 0.2) is 5.82 Å². The van der Waals surface area contributed by atoms with Crippen LogP contribution in [0.2, 0.25) is 10.0 Å². The third-order valence-corrected chi connectivity index (χ3v) is 4.34. The molecule has 0 aliphatic heterocycles. The Balaban J connectivity index is 2.14.